The van der Waals surface area contributed by atoms with E-state index in [0.717, 1.165) is 31.6 Å². The van der Waals surface area contributed by atoms with Crippen molar-refractivity contribution < 1.29 is 23.5 Å². The monoisotopic (exact) mass is 572 g/mol. The molecule has 2 fully saturated rings. The zero-order valence-corrected chi connectivity index (χ0v) is 23.2. The highest BCUT2D eigenvalue weighted by atomic mass is 19.1. The third-order valence-corrected chi connectivity index (χ3v) is 7.71. The van der Waals surface area contributed by atoms with Crippen LogP contribution in [0.4, 0.5) is 15.8 Å². The first kappa shape index (κ1) is 27.8. The molecule has 1 aromatic heterocycles. The number of carbonyl (C=O) groups is 2. The third-order valence-electron chi connectivity index (χ3n) is 7.71. The van der Waals surface area contributed by atoms with Crippen LogP contribution in [0.1, 0.15) is 24.4 Å². The average molecular weight is 573 g/mol. The molecule has 4 aromatic rings. The minimum absolute atomic E-state index is 0.00134. The van der Waals surface area contributed by atoms with Gasteiger partial charge in [-0.05, 0) is 54.8 Å². The Balaban J connectivity index is 1.37. The first-order valence-electron chi connectivity index (χ1n) is 14.3. The van der Waals surface area contributed by atoms with Crippen molar-refractivity contribution >= 4 is 34.2 Å². The molecule has 3 aromatic carbocycles. The summed E-state index contributed by atoms with van der Waals surface area (Å²) < 4.78 is 28.1. The van der Waals surface area contributed by atoms with Crippen LogP contribution < -0.4 is 15.1 Å². The fourth-order valence-corrected chi connectivity index (χ4v) is 5.53. The molecule has 2 aliphatic rings. The van der Waals surface area contributed by atoms with Gasteiger partial charge in [-0.25, -0.2) is 9.07 Å². The first-order chi connectivity index (χ1) is 20.6. The van der Waals surface area contributed by atoms with E-state index in [1.54, 1.807) is 18.2 Å². The van der Waals surface area contributed by atoms with E-state index in [9.17, 15) is 9.59 Å². The van der Waals surface area contributed by atoms with E-state index in [1.807, 2.05) is 42.5 Å². The van der Waals surface area contributed by atoms with Crippen LogP contribution in [0.25, 0.3) is 11.0 Å². The van der Waals surface area contributed by atoms with E-state index >= 15 is 4.39 Å². The van der Waals surface area contributed by atoms with Crippen LogP contribution in [0, 0.1) is 5.82 Å². The van der Waals surface area contributed by atoms with Crippen molar-refractivity contribution in [2.45, 2.75) is 31.5 Å². The van der Waals surface area contributed by atoms with Gasteiger partial charge in [0.1, 0.15) is 23.9 Å². The van der Waals surface area contributed by atoms with E-state index in [4.69, 9.17) is 9.47 Å². The van der Waals surface area contributed by atoms with E-state index in [1.165, 1.54) is 21.7 Å². The largest absolute Gasteiger partial charge is 0.378 e. The molecule has 0 spiro atoms. The van der Waals surface area contributed by atoms with Crippen molar-refractivity contribution in [1.29, 1.82) is 0 Å². The van der Waals surface area contributed by atoms with Crippen LogP contribution in [0.5, 0.6) is 0 Å². The molecular weight excluding hydrogens is 539 g/mol. The molecule has 2 amide bonds. The quantitative estimate of drug-likeness (QED) is 0.328. The second-order valence-corrected chi connectivity index (χ2v) is 10.4. The highest BCUT2D eigenvalue weighted by Crippen LogP contribution is 2.32. The van der Waals surface area contributed by atoms with Crippen LogP contribution in [0.3, 0.4) is 0 Å². The maximum Gasteiger partial charge on any atom is 0.249 e. The Bertz CT molecular complexity index is 1530. The molecule has 6 rings (SSSR count). The lowest BCUT2D eigenvalue weighted by atomic mass is 10.0. The molecule has 2 atom stereocenters. The van der Waals surface area contributed by atoms with Crippen LogP contribution in [-0.2, 0) is 25.6 Å². The predicted octanol–water partition coefficient (Wildman–Crippen LogP) is 3.48. The smallest absolute Gasteiger partial charge is 0.249 e. The Kier molecular flexibility index (Phi) is 8.38. The number of hydrogen-bond donors (Lipinski definition) is 1. The molecule has 0 unspecified atom stereocenters. The number of fused-ring (bicyclic) bond motifs is 1. The second-order valence-electron chi connectivity index (χ2n) is 10.4. The molecule has 2 aliphatic heterocycles. The zero-order valence-electron chi connectivity index (χ0n) is 23.2. The van der Waals surface area contributed by atoms with Gasteiger partial charge in [0.2, 0.25) is 11.8 Å². The molecule has 10 nitrogen and oxygen atoms in total. The Morgan fingerprint density at radius 1 is 1.00 bits per heavy atom. The molecule has 2 saturated heterocycles. The number of carbonyl (C=O) groups excluding carboxylic acids is 2. The minimum Gasteiger partial charge on any atom is -0.378 e. The van der Waals surface area contributed by atoms with E-state index in [2.05, 4.69) is 20.5 Å². The van der Waals surface area contributed by atoms with E-state index in [-0.39, 0.29) is 18.3 Å². The maximum atomic E-state index is 15.4. The number of halogens is 1. The van der Waals surface area contributed by atoms with Crippen molar-refractivity contribution in [3.63, 3.8) is 0 Å². The molecule has 0 radical (unpaired) electrons. The third kappa shape index (κ3) is 5.97. The van der Waals surface area contributed by atoms with Crippen molar-refractivity contribution in [3.8, 4) is 0 Å². The SMILES string of the molecule is O=C(NC[C@@H]1CCCO1)[C@@H](c1ccc(N2CCOCC2)cc1)N(C(=O)Cn1nnc2ccccc21)c1ccccc1F. The summed E-state index contributed by atoms with van der Waals surface area (Å²) in [5.74, 6) is -1.55. The molecule has 218 valence electrons. The van der Waals surface area contributed by atoms with Gasteiger partial charge in [-0.3, -0.25) is 14.5 Å². The number of aromatic nitrogens is 3. The number of ether oxygens (including phenoxy) is 2. The van der Waals surface area contributed by atoms with Crippen LogP contribution in [-0.4, -0.2) is 72.4 Å². The minimum atomic E-state index is -1.15. The summed E-state index contributed by atoms with van der Waals surface area (Å²) in [6.07, 6.45) is 1.67. The highest BCUT2D eigenvalue weighted by Gasteiger charge is 2.35. The summed E-state index contributed by atoms with van der Waals surface area (Å²) in [6.45, 7) is 3.51. The van der Waals surface area contributed by atoms with Gasteiger partial charge in [-0.1, -0.05) is 41.6 Å². The van der Waals surface area contributed by atoms with Crippen LogP contribution in [0.15, 0.2) is 72.8 Å². The number of anilines is 2. The number of para-hydroxylation sites is 2. The van der Waals surface area contributed by atoms with Gasteiger partial charge in [0.15, 0.2) is 0 Å². The van der Waals surface area contributed by atoms with Crippen molar-refractivity contribution in [1.82, 2.24) is 20.3 Å². The summed E-state index contributed by atoms with van der Waals surface area (Å²) in [7, 11) is 0. The Hall–Kier alpha value is -4.35. The Morgan fingerprint density at radius 3 is 2.52 bits per heavy atom. The number of morpholine rings is 1. The molecule has 1 N–H and O–H groups in total. The molecule has 3 heterocycles. The predicted molar refractivity (Wildman–Crippen MR) is 156 cm³/mol. The van der Waals surface area contributed by atoms with Crippen molar-refractivity contribution in [2.24, 2.45) is 0 Å². The van der Waals surface area contributed by atoms with Gasteiger partial charge in [0, 0.05) is 31.9 Å². The van der Waals surface area contributed by atoms with Gasteiger partial charge in [-0.2, -0.15) is 0 Å². The summed E-state index contributed by atoms with van der Waals surface area (Å²) in [5.41, 5.74) is 2.83. The maximum absolute atomic E-state index is 15.4. The fourth-order valence-electron chi connectivity index (χ4n) is 5.53. The first-order valence-corrected chi connectivity index (χ1v) is 14.3. The molecular formula is C31H33FN6O4. The second kappa shape index (κ2) is 12.7. The number of benzene rings is 3. The molecule has 0 aliphatic carbocycles. The molecule has 0 bridgehead atoms. The fraction of sp³-hybridized carbons (Fsp3) is 0.355. The number of nitrogens with one attached hydrogen (secondary N) is 1. The van der Waals surface area contributed by atoms with E-state index < -0.39 is 23.7 Å². The van der Waals surface area contributed by atoms with Crippen LogP contribution in [0.2, 0.25) is 0 Å². The number of hydrogen-bond acceptors (Lipinski definition) is 7. The summed E-state index contributed by atoms with van der Waals surface area (Å²) in [4.78, 5) is 31.6. The van der Waals surface area contributed by atoms with Crippen molar-refractivity contribution in [2.75, 3.05) is 49.3 Å². The number of nitrogens with zero attached hydrogens (tertiary/aromatic N) is 5. The van der Waals surface area contributed by atoms with Crippen LogP contribution >= 0.6 is 0 Å². The van der Waals surface area contributed by atoms with Gasteiger partial charge in [0.25, 0.3) is 0 Å². The Morgan fingerprint density at radius 2 is 1.76 bits per heavy atom. The van der Waals surface area contributed by atoms with E-state index in [0.29, 0.717) is 43.0 Å². The molecule has 42 heavy (non-hydrogen) atoms. The average Bonchev–Trinajstić information content (AvgIpc) is 3.70. The molecule has 11 heteroatoms. The lowest BCUT2D eigenvalue weighted by molar-refractivity contribution is -0.127. The standard InChI is InChI=1S/C31H33FN6O4/c32-25-7-1-3-9-27(25)38(29(39)21-37-28-10-4-2-8-26(28)34-35-37)30(31(40)33-20-24-6-5-17-42-24)22-11-13-23(14-12-22)36-15-18-41-19-16-36/h1-4,7-14,24,30H,5-6,15-21H2,(H,33,40)/t24-,30+/m0/s1. The lowest BCUT2D eigenvalue weighted by Crippen LogP contribution is -2.47. The van der Waals surface area contributed by atoms with Gasteiger partial charge < -0.3 is 19.7 Å². The normalized spacial score (nSPS) is 17.7. The highest BCUT2D eigenvalue weighted by molar-refractivity contribution is 6.01. The van der Waals surface area contributed by atoms with Gasteiger partial charge in [0.05, 0.1) is 30.5 Å². The van der Waals surface area contributed by atoms with Crippen molar-refractivity contribution in [3.05, 3.63) is 84.2 Å². The zero-order chi connectivity index (χ0) is 28.9. The Labute approximate surface area is 243 Å². The topological polar surface area (TPSA) is 102 Å². The van der Waals surface area contributed by atoms with Gasteiger partial charge in [-0.15, -0.1) is 5.10 Å². The summed E-state index contributed by atoms with van der Waals surface area (Å²) in [5, 5.41) is 11.3. The summed E-state index contributed by atoms with van der Waals surface area (Å²) >= 11 is 0. The molecule has 0 saturated carbocycles. The van der Waals surface area contributed by atoms with Gasteiger partial charge >= 0.3 is 0 Å². The summed E-state index contributed by atoms with van der Waals surface area (Å²) in [6, 6.07) is 19.6. The number of amides is 2. The number of rotatable bonds is 9. The lowest BCUT2D eigenvalue weighted by Gasteiger charge is -2.33.